The van der Waals surface area contributed by atoms with E-state index in [4.69, 9.17) is 0 Å². The monoisotopic (exact) mass is 321 g/mol. The van der Waals surface area contributed by atoms with Gasteiger partial charge in [-0.25, -0.2) is 9.78 Å². The number of pyridine rings is 2. The molecular weight excluding hydrogens is 310 g/mol. The quantitative estimate of drug-likeness (QED) is 0.583. The maximum atomic E-state index is 11.3. The predicted molar refractivity (Wildman–Crippen MR) is 86.5 cm³/mol. The third-order valence-electron chi connectivity index (χ3n) is 3.38. The summed E-state index contributed by atoms with van der Waals surface area (Å²) < 4.78 is 0. The molecule has 118 valence electrons. The molecular formula is C17H11N3O4. The summed E-state index contributed by atoms with van der Waals surface area (Å²) >= 11 is 0. The molecule has 2 heterocycles. The van der Waals surface area contributed by atoms with Crippen molar-refractivity contribution in [3.8, 4) is 22.5 Å². The van der Waals surface area contributed by atoms with E-state index in [2.05, 4.69) is 9.97 Å². The summed E-state index contributed by atoms with van der Waals surface area (Å²) in [6.07, 6.45) is 1.59. The Morgan fingerprint density at radius 2 is 1.75 bits per heavy atom. The topological polar surface area (TPSA) is 106 Å². The fourth-order valence-corrected chi connectivity index (χ4v) is 2.23. The van der Waals surface area contributed by atoms with Crippen molar-refractivity contribution in [3.05, 3.63) is 76.6 Å². The maximum Gasteiger partial charge on any atom is 0.354 e. The molecule has 1 N–H and O–H groups in total. The average Bonchev–Trinajstić information content (AvgIpc) is 2.62. The number of nitro benzene ring substituents is 1. The van der Waals surface area contributed by atoms with E-state index < -0.39 is 10.9 Å². The van der Waals surface area contributed by atoms with Crippen LogP contribution in [-0.4, -0.2) is 26.0 Å². The molecule has 7 nitrogen and oxygen atoms in total. The van der Waals surface area contributed by atoms with E-state index in [9.17, 15) is 20.0 Å². The molecule has 0 aliphatic heterocycles. The Labute approximate surface area is 136 Å². The second-order valence-electron chi connectivity index (χ2n) is 4.95. The molecule has 0 fully saturated rings. The summed E-state index contributed by atoms with van der Waals surface area (Å²) in [6.45, 7) is 0. The first kappa shape index (κ1) is 15.3. The normalized spacial score (nSPS) is 10.3. The van der Waals surface area contributed by atoms with E-state index in [0.29, 0.717) is 22.5 Å². The van der Waals surface area contributed by atoms with Gasteiger partial charge in [0.2, 0.25) is 0 Å². The summed E-state index contributed by atoms with van der Waals surface area (Å²) in [6, 6.07) is 14.3. The number of aromatic nitrogens is 2. The summed E-state index contributed by atoms with van der Waals surface area (Å²) in [4.78, 5) is 29.9. The van der Waals surface area contributed by atoms with Crippen LogP contribution >= 0.6 is 0 Å². The molecule has 0 saturated carbocycles. The summed E-state index contributed by atoms with van der Waals surface area (Å²) in [5.74, 6) is -1.16. The highest BCUT2D eigenvalue weighted by Gasteiger charge is 2.13. The van der Waals surface area contributed by atoms with Gasteiger partial charge < -0.3 is 5.11 Å². The molecule has 1 aromatic carbocycles. The van der Waals surface area contributed by atoms with Gasteiger partial charge in [0, 0.05) is 18.3 Å². The van der Waals surface area contributed by atoms with Crippen molar-refractivity contribution in [1.29, 1.82) is 0 Å². The number of hydrogen-bond acceptors (Lipinski definition) is 5. The van der Waals surface area contributed by atoms with Crippen LogP contribution in [0.4, 0.5) is 5.69 Å². The predicted octanol–water partition coefficient (Wildman–Crippen LogP) is 3.42. The number of carbonyl (C=O) groups is 1. The number of non-ortho nitro benzene ring substituents is 1. The Bertz CT molecular complexity index is 909. The van der Waals surface area contributed by atoms with E-state index >= 15 is 0 Å². The Kier molecular flexibility index (Phi) is 3.98. The van der Waals surface area contributed by atoms with Crippen molar-refractivity contribution < 1.29 is 14.8 Å². The molecule has 0 unspecified atom stereocenters. The minimum Gasteiger partial charge on any atom is -0.477 e. The van der Waals surface area contributed by atoms with Gasteiger partial charge in [-0.05, 0) is 47.5 Å². The number of hydrogen-bond donors (Lipinski definition) is 1. The molecule has 0 atom stereocenters. The van der Waals surface area contributed by atoms with Gasteiger partial charge >= 0.3 is 5.97 Å². The van der Waals surface area contributed by atoms with Crippen LogP contribution in [0, 0.1) is 10.1 Å². The Hall–Kier alpha value is -3.61. The molecule has 0 aliphatic carbocycles. The Morgan fingerprint density at radius 1 is 1.00 bits per heavy atom. The number of nitrogens with zero attached hydrogens (tertiary/aromatic N) is 3. The van der Waals surface area contributed by atoms with E-state index in [0.717, 1.165) is 0 Å². The number of carboxylic acids is 1. The van der Waals surface area contributed by atoms with Gasteiger partial charge in [0.1, 0.15) is 5.69 Å². The zero-order chi connectivity index (χ0) is 17.1. The van der Waals surface area contributed by atoms with Gasteiger partial charge in [-0.2, -0.15) is 0 Å². The lowest BCUT2D eigenvalue weighted by atomic mass is 10.0. The number of benzene rings is 1. The van der Waals surface area contributed by atoms with Crippen LogP contribution < -0.4 is 0 Å². The van der Waals surface area contributed by atoms with Crippen molar-refractivity contribution in [2.75, 3.05) is 0 Å². The lowest BCUT2D eigenvalue weighted by Crippen LogP contribution is -2.02. The second-order valence-corrected chi connectivity index (χ2v) is 4.95. The van der Waals surface area contributed by atoms with Gasteiger partial charge in [0.05, 0.1) is 16.3 Å². The van der Waals surface area contributed by atoms with Crippen LogP contribution in [0.2, 0.25) is 0 Å². The van der Waals surface area contributed by atoms with Crippen molar-refractivity contribution >= 4 is 11.7 Å². The fraction of sp³-hybridized carbons (Fsp3) is 0. The first-order chi connectivity index (χ1) is 11.5. The van der Waals surface area contributed by atoms with Gasteiger partial charge in [-0.15, -0.1) is 0 Å². The SMILES string of the molecule is O=C(O)c1cc(-c2ccc([N+](=O)[O-])cc2)cc(-c2ccccn2)n1. The van der Waals surface area contributed by atoms with Gasteiger partial charge in [-0.3, -0.25) is 15.1 Å². The first-order valence-electron chi connectivity index (χ1n) is 6.96. The molecule has 0 amide bonds. The summed E-state index contributed by atoms with van der Waals surface area (Å²) in [7, 11) is 0. The molecule has 2 aromatic heterocycles. The molecule has 24 heavy (non-hydrogen) atoms. The number of nitro groups is 1. The van der Waals surface area contributed by atoms with Crippen LogP contribution in [0.5, 0.6) is 0 Å². The van der Waals surface area contributed by atoms with E-state index in [1.165, 1.54) is 18.2 Å². The lowest BCUT2D eigenvalue weighted by Gasteiger charge is -2.07. The van der Waals surface area contributed by atoms with E-state index in [1.807, 2.05) is 0 Å². The van der Waals surface area contributed by atoms with Crippen molar-refractivity contribution in [3.63, 3.8) is 0 Å². The minimum absolute atomic E-state index is 0.0313. The summed E-state index contributed by atoms with van der Waals surface area (Å²) in [5, 5.41) is 20.0. The highest BCUT2D eigenvalue weighted by Crippen LogP contribution is 2.26. The highest BCUT2D eigenvalue weighted by molar-refractivity contribution is 5.88. The third-order valence-corrected chi connectivity index (χ3v) is 3.38. The smallest absolute Gasteiger partial charge is 0.354 e. The van der Waals surface area contributed by atoms with Crippen LogP contribution in [0.25, 0.3) is 22.5 Å². The molecule has 0 aliphatic rings. The first-order valence-corrected chi connectivity index (χ1v) is 6.96. The molecule has 3 rings (SSSR count). The van der Waals surface area contributed by atoms with Gasteiger partial charge in [-0.1, -0.05) is 6.07 Å². The van der Waals surface area contributed by atoms with E-state index in [1.54, 1.807) is 42.6 Å². The number of carboxylic acid groups (broad SMARTS) is 1. The number of aromatic carboxylic acids is 1. The minimum atomic E-state index is -1.16. The van der Waals surface area contributed by atoms with Crippen LogP contribution in [0.3, 0.4) is 0 Å². The molecule has 7 heteroatoms. The van der Waals surface area contributed by atoms with Crippen molar-refractivity contribution in [2.45, 2.75) is 0 Å². The fourth-order valence-electron chi connectivity index (χ4n) is 2.23. The zero-order valence-corrected chi connectivity index (χ0v) is 12.3. The van der Waals surface area contributed by atoms with Crippen LogP contribution in [-0.2, 0) is 0 Å². The Morgan fingerprint density at radius 3 is 2.33 bits per heavy atom. The highest BCUT2D eigenvalue weighted by atomic mass is 16.6. The lowest BCUT2D eigenvalue weighted by molar-refractivity contribution is -0.384. The van der Waals surface area contributed by atoms with Crippen molar-refractivity contribution in [1.82, 2.24) is 9.97 Å². The van der Waals surface area contributed by atoms with Crippen LogP contribution in [0.1, 0.15) is 10.5 Å². The van der Waals surface area contributed by atoms with Crippen molar-refractivity contribution in [2.24, 2.45) is 0 Å². The van der Waals surface area contributed by atoms with Crippen LogP contribution in [0.15, 0.2) is 60.8 Å². The van der Waals surface area contributed by atoms with Gasteiger partial charge in [0.15, 0.2) is 0 Å². The largest absolute Gasteiger partial charge is 0.477 e. The van der Waals surface area contributed by atoms with Gasteiger partial charge in [0.25, 0.3) is 5.69 Å². The molecule has 0 bridgehead atoms. The maximum absolute atomic E-state index is 11.3. The van der Waals surface area contributed by atoms with E-state index in [-0.39, 0.29) is 11.4 Å². The average molecular weight is 321 g/mol. The Balaban J connectivity index is 2.12. The molecule has 3 aromatic rings. The standard InChI is InChI=1S/C17H11N3O4/c21-17(22)16-10-12(11-4-6-13(7-5-11)20(23)24)9-15(19-16)14-3-1-2-8-18-14/h1-10H,(H,21,22). The molecule has 0 saturated heterocycles. The zero-order valence-electron chi connectivity index (χ0n) is 12.3. The number of rotatable bonds is 4. The molecule has 0 radical (unpaired) electrons. The second kappa shape index (κ2) is 6.25. The third kappa shape index (κ3) is 3.09. The summed E-state index contributed by atoms with van der Waals surface area (Å²) in [5.41, 5.74) is 2.07. The molecule has 0 spiro atoms.